The molecule has 1 aromatic carbocycles. The van der Waals surface area contributed by atoms with Crippen LogP contribution >= 0.6 is 0 Å². The predicted molar refractivity (Wildman–Crippen MR) is 75.4 cm³/mol. The summed E-state index contributed by atoms with van der Waals surface area (Å²) in [5.74, 6) is -0.301. The van der Waals surface area contributed by atoms with Crippen LogP contribution in [0.1, 0.15) is 24.2 Å². The molecule has 1 saturated heterocycles. The van der Waals surface area contributed by atoms with Crippen LogP contribution < -0.4 is 5.32 Å². The molecule has 1 heterocycles. The van der Waals surface area contributed by atoms with Gasteiger partial charge >= 0.3 is 0 Å². The van der Waals surface area contributed by atoms with E-state index in [1.54, 1.807) is 29.2 Å². The average Bonchev–Trinajstić information content (AvgIpc) is 2.44. The number of amides is 2. The van der Waals surface area contributed by atoms with Gasteiger partial charge in [0.15, 0.2) is 0 Å². The van der Waals surface area contributed by atoms with Gasteiger partial charge in [-0.05, 0) is 26.0 Å². The van der Waals surface area contributed by atoms with Crippen molar-refractivity contribution in [3.63, 3.8) is 0 Å². The van der Waals surface area contributed by atoms with Crippen LogP contribution in [-0.4, -0.2) is 48.6 Å². The maximum atomic E-state index is 12.1. The minimum absolute atomic E-state index is 0.0210. The Bertz CT molecular complexity index is 465. The zero-order valence-electron chi connectivity index (χ0n) is 11.8. The van der Waals surface area contributed by atoms with Crippen molar-refractivity contribution >= 4 is 11.8 Å². The number of hydrogen-bond donors (Lipinski definition) is 1. The van der Waals surface area contributed by atoms with Crippen LogP contribution in [0, 0.1) is 0 Å². The number of ether oxygens (including phenoxy) is 1. The number of carbonyl (C=O) groups excluding carboxylic acids is 2. The van der Waals surface area contributed by atoms with Gasteiger partial charge in [-0.2, -0.15) is 0 Å². The van der Waals surface area contributed by atoms with E-state index in [1.807, 2.05) is 19.9 Å². The Balaban J connectivity index is 1.84. The maximum absolute atomic E-state index is 12.1. The van der Waals surface area contributed by atoms with Gasteiger partial charge in [-0.25, -0.2) is 0 Å². The van der Waals surface area contributed by atoms with E-state index < -0.39 is 0 Å². The quantitative estimate of drug-likeness (QED) is 0.898. The summed E-state index contributed by atoms with van der Waals surface area (Å²) in [5, 5.41) is 2.65. The Hall–Kier alpha value is -1.88. The van der Waals surface area contributed by atoms with E-state index in [4.69, 9.17) is 4.74 Å². The Kier molecular flexibility index (Phi) is 4.74. The van der Waals surface area contributed by atoms with Gasteiger partial charge in [-0.3, -0.25) is 9.59 Å². The van der Waals surface area contributed by atoms with Crippen molar-refractivity contribution in [3.05, 3.63) is 35.9 Å². The second-order valence-corrected chi connectivity index (χ2v) is 5.10. The highest BCUT2D eigenvalue weighted by Crippen LogP contribution is 2.10. The SMILES string of the molecule is CC1CN(C(=O)CNC(=O)c2ccccc2)CC(C)O1. The number of hydrogen-bond acceptors (Lipinski definition) is 3. The maximum Gasteiger partial charge on any atom is 0.251 e. The van der Waals surface area contributed by atoms with Gasteiger partial charge in [0, 0.05) is 18.7 Å². The normalized spacial score (nSPS) is 22.4. The summed E-state index contributed by atoms with van der Waals surface area (Å²) < 4.78 is 5.58. The molecule has 1 N–H and O–H groups in total. The van der Waals surface area contributed by atoms with Crippen molar-refractivity contribution in [3.8, 4) is 0 Å². The number of benzene rings is 1. The first-order valence-corrected chi connectivity index (χ1v) is 6.82. The molecular weight excluding hydrogens is 256 g/mol. The second-order valence-electron chi connectivity index (χ2n) is 5.10. The average molecular weight is 276 g/mol. The predicted octanol–water partition coefficient (Wildman–Crippen LogP) is 1.05. The zero-order chi connectivity index (χ0) is 14.5. The molecule has 2 amide bonds. The first-order chi connectivity index (χ1) is 9.56. The Morgan fingerprint density at radius 1 is 1.20 bits per heavy atom. The van der Waals surface area contributed by atoms with E-state index in [9.17, 15) is 9.59 Å². The third-order valence-corrected chi connectivity index (χ3v) is 3.21. The number of nitrogens with zero attached hydrogens (tertiary/aromatic N) is 1. The molecule has 0 aliphatic carbocycles. The highest BCUT2D eigenvalue weighted by Gasteiger charge is 2.25. The fraction of sp³-hybridized carbons (Fsp3) is 0.467. The van der Waals surface area contributed by atoms with E-state index in [2.05, 4.69) is 5.32 Å². The molecule has 2 unspecified atom stereocenters. The summed E-state index contributed by atoms with van der Waals surface area (Å²) in [4.78, 5) is 25.7. The van der Waals surface area contributed by atoms with Gasteiger partial charge in [0.2, 0.25) is 5.91 Å². The van der Waals surface area contributed by atoms with Crippen LogP contribution in [-0.2, 0) is 9.53 Å². The minimum Gasteiger partial charge on any atom is -0.372 e. The summed E-state index contributed by atoms with van der Waals surface area (Å²) in [6, 6.07) is 8.87. The minimum atomic E-state index is -0.228. The Morgan fingerprint density at radius 2 is 1.80 bits per heavy atom. The molecule has 0 aromatic heterocycles. The summed E-state index contributed by atoms with van der Waals surface area (Å²) in [7, 11) is 0. The summed E-state index contributed by atoms with van der Waals surface area (Å²) >= 11 is 0. The van der Waals surface area contributed by atoms with Crippen LogP contribution in [0.4, 0.5) is 0 Å². The van der Waals surface area contributed by atoms with Crippen LogP contribution in [0.2, 0.25) is 0 Å². The second kappa shape index (κ2) is 6.52. The molecule has 1 aromatic rings. The molecule has 5 nitrogen and oxygen atoms in total. The molecule has 2 atom stereocenters. The van der Waals surface area contributed by atoms with Crippen LogP contribution in [0.5, 0.6) is 0 Å². The first-order valence-electron chi connectivity index (χ1n) is 6.82. The third-order valence-electron chi connectivity index (χ3n) is 3.21. The van der Waals surface area contributed by atoms with Crippen molar-refractivity contribution in [2.75, 3.05) is 19.6 Å². The lowest BCUT2D eigenvalue weighted by atomic mass is 10.2. The first kappa shape index (κ1) is 14.5. The van der Waals surface area contributed by atoms with Crippen molar-refractivity contribution in [2.45, 2.75) is 26.1 Å². The van der Waals surface area contributed by atoms with Crippen LogP contribution in [0.25, 0.3) is 0 Å². The van der Waals surface area contributed by atoms with Gasteiger partial charge in [-0.1, -0.05) is 18.2 Å². The van der Waals surface area contributed by atoms with E-state index >= 15 is 0 Å². The van der Waals surface area contributed by atoms with E-state index in [-0.39, 0.29) is 30.6 Å². The molecule has 1 fully saturated rings. The van der Waals surface area contributed by atoms with Crippen molar-refractivity contribution in [1.82, 2.24) is 10.2 Å². The number of morpholine rings is 1. The topological polar surface area (TPSA) is 58.6 Å². The highest BCUT2D eigenvalue weighted by atomic mass is 16.5. The molecule has 0 spiro atoms. The molecule has 1 aliphatic heterocycles. The Morgan fingerprint density at radius 3 is 2.40 bits per heavy atom. The van der Waals surface area contributed by atoms with Gasteiger partial charge in [-0.15, -0.1) is 0 Å². The Labute approximate surface area is 118 Å². The molecule has 1 aliphatic rings. The summed E-state index contributed by atoms with van der Waals surface area (Å²) in [5.41, 5.74) is 0.559. The molecule has 0 saturated carbocycles. The highest BCUT2D eigenvalue weighted by molar-refractivity contribution is 5.96. The fourth-order valence-electron chi connectivity index (χ4n) is 2.34. The lowest BCUT2D eigenvalue weighted by Crippen LogP contribution is -2.51. The van der Waals surface area contributed by atoms with Crippen LogP contribution in [0.3, 0.4) is 0 Å². The van der Waals surface area contributed by atoms with E-state index in [1.165, 1.54) is 0 Å². The van der Waals surface area contributed by atoms with Crippen molar-refractivity contribution < 1.29 is 14.3 Å². The van der Waals surface area contributed by atoms with Gasteiger partial charge in [0.1, 0.15) is 0 Å². The molecule has 5 heteroatoms. The summed E-state index contributed by atoms with van der Waals surface area (Å²) in [6.45, 7) is 5.05. The number of carbonyl (C=O) groups is 2. The fourth-order valence-corrected chi connectivity index (χ4v) is 2.34. The van der Waals surface area contributed by atoms with Crippen molar-refractivity contribution in [2.24, 2.45) is 0 Å². The number of nitrogens with one attached hydrogen (secondary N) is 1. The van der Waals surface area contributed by atoms with Gasteiger partial charge < -0.3 is 15.0 Å². The lowest BCUT2D eigenvalue weighted by Gasteiger charge is -2.35. The monoisotopic (exact) mass is 276 g/mol. The molecule has 0 bridgehead atoms. The van der Waals surface area contributed by atoms with E-state index in [0.29, 0.717) is 18.7 Å². The van der Waals surface area contributed by atoms with Crippen LogP contribution in [0.15, 0.2) is 30.3 Å². The molecular formula is C15H20N2O3. The smallest absolute Gasteiger partial charge is 0.251 e. The number of rotatable bonds is 3. The van der Waals surface area contributed by atoms with E-state index in [0.717, 1.165) is 0 Å². The van der Waals surface area contributed by atoms with Gasteiger partial charge in [0.05, 0.1) is 18.8 Å². The lowest BCUT2D eigenvalue weighted by molar-refractivity contribution is -0.142. The molecule has 0 radical (unpaired) electrons. The molecule has 2 rings (SSSR count). The third kappa shape index (κ3) is 3.81. The van der Waals surface area contributed by atoms with Gasteiger partial charge in [0.25, 0.3) is 5.91 Å². The summed E-state index contributed by atoms with van der Waals surface area (Å²) in [6.07, 6.45) is 0.0695. The van der Waals surface area contributed by atoms with Crippen molar-refractivity contribution in [1.29, 1.82) is 0 Å². The standard InChI is InChI=1S/C15H20N2O3/c1-11-9-17(10-12(2)20-11)14(18)8-16-15(19)13-6-4-3-5-7-13/h3-7,11-12H,8-10H2,1-2H3,(H,16,19). The molecule has 20 heavy (non-hydrogen) atoms. The largest absolute Gasteiger partial charge is 0.372 e. The zero-order valence-corrected chi connectivity index (χ0v) is 11.8. The molecule has 108 valence electrons.